The molecule has 0 radical (unpaired) electrons. The largest absolute Gasteiger partial charge is 0.330 e. The van der Waals surface area contributed by atoms with Crippen molar-refractivity contribution in [1.82, 2.24) is 0 Å². The summed E-state index contributed by atoms with van der Waals surface area (Å²) in [4.78, 5) is 0. The number of nitrogens with two attached hydrogens (primary N) is 1. The molecule has 0 amide bonds. The van der Waals surface area contributed by atoms with Crippen LogP contribution in [0.3, 0.4) is 0 Å². The van der Waals surface area contributed by atoms with Crippen molar-refractivity contribution in [2.75, 3.05) is 6.54 Å². The molecule has 0 heterocycles. The standard InChI is InChI=1S/C7H14.C4H11N/c1-4-5-6-7(2)3;1-2-3-4-5/h2,4-6H2,1,3H3;2-5H2,1H3. The van der Waals surface area contributed by atoms with E-state index in [1.807, 2.05) is 0 Å². The van der Waals surface area contributed by atoms with E-state index in [-0.39, 0.29) is 0 Å². The molecule has 0 aromatic carbocycles. The Hall–Kier alpha value is -0.300. The molecule has 1 nitrogen and oxygen atoms in total. The highest BCUT2D eigenvalue weighted by Gasteiger charge is 1.81. The van der Waals surface area contributed by atoms with Crippen molar-refractivity contribution in [2.24, 2.45) is 5.73 Å². The van der Waals surface area contributed by atoms with Crippen molar-refractivity contribution in [3.8, 4) is 0 Å². The summed E-state index contributed by atoms with van der Waals surface area (Å²) in [5.41, 5.74) is 6.45. The highest BCUT2D eigenvalue weighted by Crippen LogP contribution is 2.01. The number of rotatable bonds is 5. The van der Waals surface area contributed by atoms with Crippen LogP contribution in [-0.2, 0) is 0 Å². The van der Waals surface area contributed by atoms with Crippen LogP contribution in [0.5, 0.6) is 0 Å². The summed E-state index contributed by atoms with van der Waals surface area (Å²) in [5.74, 6) is 0. The van der Waals surface area contributed by atoms with Crippen LogP contribution in [-0.4, -0.2) is 6.54 Å². The minimum absolute atomic E-state index is 0.844. The van der Waals surface area contributed by atoms with Crippen molar-refractivity contribution in [3.63, 3.8) is 0 Å². The van der Waals surface area contributed by atoms with E-state index in [2.05, 4.69) is 27.4 Å². The molecular weight excluding hydrogens is 146 g/mol. The topological polar surface area (TPSA) is 26.0 Å². The molecule has 0 aromatic rings. The Morgan fingerprint density at radius 3 is 1.75 bits per heavy atom. The Morgan fingerprint density at radius 1 is 1.17 bits per heavy atom. The van der Waals surface area contributed by atoms with Crippen molar-refractivity contribution >= 4 is 0 Å². The molecule has 0 rings (SSSR count). The molecule has 2 N–H and O–H groups in total. The van der Waals surface area contributed by atoms with Gasteiger partial charge in [-0.3, -0.25) is 0 Å². The summed E-state index contributed by atoms with van der Waals surface area (Å²) in [6, 6.07) is 0. The predicted molar refractivity (Wildman–Crippen MR) is 58.3 cm³/mol. The first-order chi connectivity index (χ1) is 5.68. The van der Waals surface area contributed by atoms with E-state index in [9.17, 15) is 0 Å². The summed E-state index contributed by atoms with van der Waals surface area (Å²) in [6.07, 6.45) is 6.18. The molecule has 0 fully saturated rings. The smallest absolute Gasteiger partial charge is 0.00774 e. The van der Waals surface area contributed by atoms with E-state index in [0.717, 1.165) is 6.54 Å². The van der Waals surface area contributed by atoms with Crippen LogP contribution < -0.4 is 5.73 Å². The molecule has 0 atom stereocenters. The van der Waals surface area contributed by atoms with Crippen LogP contribution >= 0.6 is 0 Å². The normalized spacial score (nSPS) is 8.67. The number of unbranched alkanes of at least 4 members (excludes halogenated alkanes) is 2. The second kappa shape index (κ2) is 13.3. The number of hydrogen-bond donors (Lipinski definition) is 1. The second-order valence-corrected chi connectivity index (χ2v) is 3.20. The minimum atomic E-state index is 0.844. The summed E-state index contributed by atoms with van der Waals surface area (Å²) < 4.78 is 0. The molecule has 1 heteroatoms. The van der Waals surface area contributed by atoms with Crippen molar-refractivity contribution < 1.29 is 0 Å². The third-order valence-electron chi connectivity index (χ3n) is 1.51. The van der Waals surface area contributed by atoms with Gasteiger partial charge < -0.3 is 5.73 Å². The zero-order chi connectivity index (χ0) is 9.82. The van der Waals surface area contributed by atoms with Gasteiger partial charge in [0.1, 0.15) is 0 Å². The van der Waals surface area contributed by atoms with Crippen LogP contribution in [0.25, 0.3) is 0 Å². The highest BCUT2D eigenvalue weighted by molar-refractivity contribution is 4.86. The predicted octanol–water partition coefficient (Wildman–Crippen LogP) is 3.50. The van der Waals surface area contributed by atoms with Crippen LogP contribution in [0, 0.1) is 0 Å². The zero-order valence-corrected chi connectivity index (χ0v) is 9.03. The molecule has 0 unspecified atom stereocenters. The molecule has 0 aromatic heterocycles. The molecule has 0 saturated heterocycles. The second-order valence-electron chi connectivity index (χ2n) is 3.20. The highest BCUT2D eigenvalue weighted by atomic mass is 14.5. The van der Waals surface area contributed by atoms with Gasteiger partial charge in [0.2, 0.25) is 0 Å². The van der Waals surface area contributed by atoms with E-state index < -0.39 is 0 Å². The van der Waals surface area contributed by atoms with Gasteiger partial charge in [-0.2, -0.15) is 0 Å². The molecule has 0 aliphatic carbocycles. The lowest BCUT2D eigenvalue weighted by Crippen LogP contribution is -1.95. The molecular formula is C11H25N. The van der Waals surface area contributed by atoms with Gasteiger partial charge in [0.25, 0.3) is 0 Å². The molecule has 0 saturated carbocycles. The van der Waals surface area contributed by atoms with Gasteiger partial charge in [-0.25, -0.2) is 0 Å². The van der Waals surface area contributed by atoms with Crippen molar-refractivity contribution in [3.05, 3.63) is 12.2 Å². The third-order valence-corrected chi connectivity index (χ3v) is 1.51. The molecule has 0 aliphatic heterocycles. The van der Waals surface area contributed by atoms with Crippen molar-refractivity contribution in [1.29, 1.82) is 0 Å². The third kappa shape index (κ3) is 22.6. The first-order valence-corrected chi connectivity index (χ1v) is 5.03. The maximum atomic E-state index is 5.14. The first-order valence-electron chi connectivity index (χ1n) is 5.03. The summed E-state index contributed by atoms with van der Waals surface area (Å²) in [5, 5.41) is 0. The van der Waals surface area contributed by atoms with Gasteiger partial charge in [-0.05, 0) is 32.7 Å². The minimum Gasteiger partial charge on any atom is -0.330 e. The van der Waals surface area contributed by atoms with E-state index in [4.69, 9.17) is 5.73 Å². The summed E-state index contributed by atoms with van der Waals surface area (Å²) in [7, 11) is 0. The fraction of sp³-hybridized carbons (Fsp3) is 0.818. The monoisotopic (exact) mass is 171 g/mol. The lowest BCUT2D eigenvalue weighted by molar-refractivity contribution is 0.789. The van der Waals surface area contributed by atoms with Gasteiger partial charge >= 0.3 is 0 Å². The number of allylic oxidation sites excluding steroid dienone is 1. The van der Waals surface area contributed by atoms with E-state index in [1.54, 1.807) is 0 Å². The average Bonchev–Trinajstić information content (AvgIpc) is 2.03. The van der Waals surface area contributed by atoms with Crippen LogP contribution in [0.2, 0.25) is 0 Å². The van der Waals surface area contributed by atoms with Gasteiger partial charge in [0.15, 0.2) is 0 Å². The molecule has 74 valence electrons. The fourth-order valence-electron chi connectivity index (χ4n) is 0.683. The molecule has 12 heavy (non-hydrogen) atoms. The van der Waals surface area contributed by atoms with Crippen molar-refractivity contribution in [2.45, 2.75) is 52.9 Å². The molecule has 0 spiro atoms. The maximum Gasteiger partial charge on any atom is -0.00774 e. The van der Waals surface area contributed by atoms with Crippen LogP contribution in [0.4, 0.5) is 0 Å². The Labute approximate surface area is 78.0 Å². The van der Waals surface area contributed by atoms with Gasteiger partial charge in [-0.15, -0.1) is 6.58 Å². The van der Waals surface area contributed by atoms with Gasteiger partial charge in [0, 0.05) is 0 Å². The quantitative estimate of drug-likeness (QED) is 0.629. The first kappa shape index (κ1) is 14.2. The summed E-state index contributed by atoms with van der Waals surface area (Å²) in [6.45, 7) is 11.0. The fourth-order valence-corrected chi connectivity index (χ4v) is 0.683. The summed E-state index contributed by atoms with van der Waals surface area (Å²) >= 11 is 0. The lowest BCUT2D eigenvalue weighted by atomic mass is 10.2. The Morgan fingerprint density at radius 2 is 1.67 bits per heavy atom. The van der Waals surface area contributed by atoms with E-state index in [1.165, 1.54) is 37.7 Å². The van der Waals surface area contributed by atoms with Gasteiger partial charge in [0.05, 0.1) is 0 Å². The Bertz CT molecular complexity index is 85.0. The SMILES string of the molecule is C=C(C)CCCC.CCCCN. The lowest BCUT2D eigenvalue weighted by Gasteiger charge is -1.91. The Kier molecular flexibility index (Phi) is 15.8. The molecule has 0 aliphatic rings. The Balaban J connectivity index is 0. The van der Waals surface area contributed by atoms with Gasteiger partial charge in [-0.1, -0.05) is 32.3 Å². The average molecular weight is 171 g/mol. The maximum absolute atomic E-state index is 5.14. The van der Waals surface area contributed by atoms with Crippen LogP contribution in [0.1, 0.15) is 52.9 Å². The van der Waals surface area contributed by atoms with E-state index in [0.29, 0.717) is 0 Å². The number of hydrogen-bond acceptors (Lipinski definition) is 1. The zero-order valence-electron chi connectivity index (χ0n) is 9.03. The van der Waals surface area contributed by atoms with E-state index >= 15 is 0 Å². The molecule has 0 bridgehead atoms. The van der Waals surface area contributed by atoms with Crippen LogP contribution in [0.15, 0.2) is 12.2 Å².